The van der Waals surface area contributed by atoms with E-state index >= 15 is 0 Å². The Bertz CT molecular complexity index is 1620. The third-order valence-electron chi connectivity index (χ3n) is 8.99. The van der Waals surface area contributed by atoms with Crippen LogP contribution in [-0.2, 0) is 24.6 Å². The van der Waals surface area contributed by atoms with Gasteiger partial charge in [-0.15, -0.1) is 0 Å². The Kier molecular flexibility index (Phi) is 9.10. The molecular formula is C31H36ClF3N8O3. The number of carbonyl (C=O) groups excluding carboxylic acids is 3. The fourth-order valence-electron chi connectivity index (χ4n) is 6.11. The number of imidazole rings is 1. The summed E-state index contributed by atoms with van der Waals surface area (Å²) in [5.74, 6) is -0.340. The number of halogens is 4. The third kappa shape index (κ3) is 6.92. The maximum Gasteiger partial charge on any atom is 0.435 e. The first-order valence-electron chi connectivity index (χ1n) is 15.6. The summed E-state index contributed by atoms with van der Waals surface area (Å²) in [6.07, 6.45) is 2.48. The van der Waals surface area contributed by atoms with Crippen molar-refractivity contribution in [1.82, 2.24) is 34.4 Å². The van der Waals surface area contributed by atoms with Crippen molar-refractivity contribution in [3.8, 4) is 11.3 Å². The average molecular weight is 661 g/mol. The molecule has 46 heavy (non-hydrogen) atoms. The van der Waals surface area contributed by atoms with E-state index in [0.717, 1.165) is 45.2 Å². The van der Waals surface area contributed by atoms with Crippen molar-refractivity contribution in [1.29, 1.82) is 0 Å². The number of aromatic nitrogens is 4. The molecule has 2 aliphatic heterocycles. The molecule has 1 aliphatic carbocycles. The molecule has 4 heterocycles. The molecule has 6 rings (SSSR count). The molecule has 15 heteroatoms. The predicted octanol–water partition coefficient (Wildman–Crippen LogP) is 4.29. The van der Waals surface area contributed by atoms with Gasteiger partial charge in [0.25, 0.3) is 11.8 Å². The van der Waals surface area contributed by atoms with Crippen LogP contribution in [0.25, 0.3) is 11.3 Å². The largest absolute Gasteiger partial charge is 0.435 e. The van der Waals surface area contributed by atoms with Crippen LogP contribution in [0.1, 0.15) is 58.8 Å². The number of hydrogen-bond acceptors (Lipinski definition) is 6. The van der Waals surface area contributed by atoms with E-state index in [1.165, 1.54) is 46.9 Å². The predicted molar refractivity (Wildman–Crippen MR) is 164 cm³/mol. The minimum atomic E-state index is -4.68. The van der Waals surface area contributed by atoms with Gasteiger partial charge in [-0.1, -0.05) is 24.4 Å². The Morgan fingerprint density at radius 3 is 2.39 bits per heavy atom. The van der Waals surface area contributed by atoms with Crippen molar-refractivity contribution < 1.29 is 27.6 Å². The molecule has 2 N–H and O–H groups in total. The molecule has 1 aromatic carbocycles. The zero-order chi connectivity index (χ0) is 32.6. The van der Waals surface area contributed by atoms with Gasteiger partial charge < -0.3 is 25.0 Å². The van der Waals surface area contributed by atoms with Crippen LogP contribution in [0, 0.1) is 11.8 Å². The second kappa shape index (κ2) is 13.1. The number of piperazine rings is 1. The number of anilines is 1. The van der Waals surface area contributed by atoms with Gasteiger partial charge in [0.2, 0.25) is 5.91 Å². The molecule has 3 aliphatic rings. The molecule has 0 bridgehead atoms. The van der Waals surface area contributed by atoms with Crippen LogP contribution in [-0.4, -0.2) is 86.1 Å². The number of alkyl halides is 3. The lowest BCUT2D eigenvalue weighted by atomic mass is 9.96. The first kappa shape index (κ1) is 32.0. The molecule has 246 valence electrons. The number of hydrogen-bond donors (Lipinski definition) is 2. The normalized spacial score (nSPS) is 17.8. The highest BCUT2D eigenvalue weighted by Crippen LogP contribution is 2.37. The van der Waals surface area contributed by atoms with Gasteiger partial charge in [0, 0.05) is 57.6 Å². The number of nitrogens with zero attached hydrogens (tertiary/aromatic N) is 6. The SMILES string of the molecule is Cn1c(-c2cn(CCC3CC3)nc2C(F)(F)F)cnc1C(=O)Nc1ccc(C(=O)N2CCN(C(=O)C3CCNCC3)CC2)c(Cl)c1. The van der Waals surface area contributed by atoms with Crippen molar-refractivity contribution in [3.05, 3.63) is 52.7 Å². The Morgan fingerprint density at radius 2 is 1.74 bits per heavy atom. The number of nitrogens with one attached hydrogen (secondary N) is 2. The van der Waals surface area contributed by atoms with Crippen LogP contribution in [0.5, 0.6) is 0 Å². The lowest BCUT2D eigenvalue weighted by Gasteiger charge is -2.37. The zero-order valence-corrected chi connectivity index (χ0v) is 26.2. The van der Waals surface area contributed by atoms with E-state index in [4.69, 9.17) is 11.6 Å². The Labute approximate surface area is 269 Å². The number of carbonyl (C=O) groups is 3. The summed E-state index contributed by atoms with van der Waals surface area (Å²) in [6, 6.07) is 4.49. The highest BCUT2D eigenvalue weighted by molar-refractivity contribution is 6.34. The van der Waals surface area contributed by atoms with E-state index in [9.17, 15) is 27.6 Å². The number of benzene rings is 1. The Hall–Kier alpha value is -3.91. The molecule has 11 nitrogen and oxygen atoms in total. The van der Waals surface area contributed by atoms with Crippen molar-refractivity contribution in [2.45, 2.75) is 44.8 Å². The maximum absolute atomic E-state index is 13.9. The van der Waals surface area contributed by atoms with Crippen molar-refractivity contribution in [2.75, 3.05) is 44.6 Å². The van der Waals surface area contributed by atoms with Crippen molar-refractivity contribution in [3.63, 3.8) is 0 Å². The van der Waals surface area contributed by atoms with Gasteiger partial charge in [0.15, 0.2) is 11.5 Å². The van der Waals surface area contributed by atoms with Gasteiger partial charge in [-0.2, -0.15) is 18.3 Å². The highest BCUT2D eigenvalue weighted by atomic mass is 35.5. The van der Waals surface area contributed by atoms with E-state index in [1.807, 2.05) is 4.90 Å². The monoisotopic (exact) mass is 660 g/mol. The van der Waals surface area contributed by atoms with Crippen LogP contribution in [0.2, 0.25) is 5.02 Å². The number of aryl methyl sites for hydroxylation is 1. The molecule has 1 saturated carbocycles. The van der Waals surface area contributed by atoms with Gasteiger partial charge >= 0.3 is 6.18 Å². The van der Waals surface area contributed by atoms with Crippen LogP contribution in [0.3, 0.4) is 0 Å². The minimum absolute atomic E-state index is 0.0241. The molecular weight excluding hydrogens is 625 g/mol. The van der Waals surface area contributed by atoms with Gasteiger partial charge in [-0.25, -0.2) is 4.98 Å². The molecule has 0 radical (unpaired) electrons. The van der Waals surface area contributed by atoms with E-state index in [-0.39, 0.29) is 51.1 Å². The lowest BCUT2D eigenvalue weighted by Crippen LogP contribution is -2.52. The van der Waals surface area contributed by atoms with Gasteiger partial charge in [-0.3, -0.25) is 19.1 Å². The number of amides is 3. The van der Waals surface area contributed by atoms with Gasteiger partial charge in [0.05, 0.1) is 28.0 Å². The maximum atomic E-state index is 13.9. The quantitative estimate of drug-likeness (QED) is 0.372. The third-order valence-corrected chi connectivity index (χ3v) is 9.30. The van der Waals surface area contributed by atoms with Crippen LogP contribution in [0.15, 0.2) is 30.6 Å². The van der Waals surface area contributed by atoms with Crippen LogP contribution < -0.4 is 10.6 Å². The topological polar surface area (TPSA) is 117 Å². The average Bonchev–Trinajstić information content (AvgIpc) is 3.64. The first-order valence-corrected chi connectivity index (χ1v) is 15.9. The van der Waals surface area contributed by atoms with E-state index in [2.05, 4.69) is 20.7 Å². The summed E-state index contributed by atoms with van der Waals surface area (Å²) in [6.45, 7) is 3.74. The summed E-state index contributed by atoms with van der Waals surface area (Å²) in [5.41, 5.74) is -0.528. The van der Waals surface area contributed by atoms with Gasteiger partial charge in [-0.05, 0) is 56.5 Å². The summed E-state index contributed by atoms with van der Waals surface area (Å²) < 4.78 is 44.2. The summed E-state index contributed by atoms with van der Waals surface area (Å²) >= 11 is 6.47. The molecule has 3 fully saturated rings. The molecule has 3 aromatic rings. The minimum Gasteiger partial charge on any atom is -0.339 e. The number of piperidine rings is 1. The fraction of sp³-hybridized carbons (Fsp3) is 0.516. The smallest absolute Gasteiger partial charge is 0.339 e. The second-order valence-electron chi connectivity index (χ2n) is 12.2. The fourth-order valence-corrected chi connectivity index (χ4v) is 6.37. The first-order chi connectivity index (χ1) is 22.0. The zero-order valence-electron chi connectivity index (χ0n) is 25.4. The van der Waals surface area contributed by atoms with E-state index in [1.54, 1.807) is 4.90 Å². The molecule has 2 aromatic heterocycles. The molecule has 2 saturated heterocycles. The van der Waals surface area contributed by atoms with E-state index < -0.39 is 17.8 Å². The van der Waals surface area contributed by atoms with Crippen molar-refractivity contribution in [2.24, 2.45) is 18.9 Å². The Morgan fingerprint density at radius 1 is 1.04 bits per heavy atom. The number of rotatable bonds is 8. The standard InChI is InChI=1S/C31H36ClF3N8O3/c1-40-25(23-18-43(11-8-19-2-3-19)39-26(23)31(33,34)35)17-37-27(40)28(44)38-21-4-5-22(24(32)16-21)30(46)42-14-12-41(13-15-42)29(45)20-6-9-36-10-7-20/h4-5,16-20,36H,2-3,6-15H2,1H3,(H,38,44). The summed E-state index contributed by atoms with van der Waals surface area (Å²) in [5, 5.41) is 9.86. The van der Waals surface area contributed by atoms with E-state index in [0.29, 0.717) is 38.6 Å². The highest BCUT2D eigenvalue weighted by Gasteiger charge is 2.39. The van der Waals surface area contributed by atoms with Crippen LogP contribution in [0.4, 0.5) is 18.9 Å². The summed E-state index contributed by atoms with van der Waals surface area (Å²) in [4.78, 5) is 46.8. The molecule has 3 amide bonds. The Balaban J connectivity index is 1.10. The molecule has 0 atom stereocenters. The second-order valence-corrected chi connectivity index (χ2v) is 12.6. The van der Waals surface area contributed by atoms with Crippen LogP contribution >= 0.6 is 11.6 Å². The molecule has 0 spiro atoms. The van der Waals surface area contributed by atoms with Gasteiger partial charge in [0.1, 0.15) is 0 Å². The van der Waals surface area contributed by atoms with Crippen molar-refractivity contribution >= 4 is 35.0 Å². The lowest BCUT2D eigenvalue weighted by molar-refractivity contribution is -0.141. The molecule has 0 unspecified atom stereocenters. The summed E-state index contributed by atoms with van der Waals surface area (Å²) in [7, 11) is 1.47.